The van der Waals surface area contributed by atoms with Gasteiger partial charge in [0.05, 0.1) is 0 Å². The van der Waals surface area contributed by atoms with Crippen molar-refractivity contribution in [3.63, 3.8) is 0 Å². The lowest BCUT2D eigenvalue weighted by molar-refractivity contribution is -0.174. The molecular weight excluding hydrogens is 521 g/mol. The first-order valence-electron chi connectivity index (χ1n) is 14.9. The molecule has 1 rings (SSSR count). The number of hydrogen-bond donors (Lipinski definition) is 3. The average Bonchev–Trinajstić information content (AvgIpc) is 3.28. The summed E-state index contributed by atoms with van der Waals surface area (Å²) >= 11 is 0. The van der Waals surface area contributed by atoms with E-state index in [1.165, 1.54) is 30.6 Å². The van der Waals surface area contributed by atoms with E-state index in [0.29, 0.717) is 6.54 Å². The van der Waals surface area contributed by atoms with Gasteiger partial charge in [-0.2, -0.15) is 13.2 Å². The maximum absolute atomic E-state index is 12.8. The van der Waals surface area contributed by atoms with Crippen LogP contribution in [0.2, 0.25) is 0 Å². The number of carbonyl (C=O) groups is 3. The van der Waals surface area contributed by atoms with Crippen molar-refractivity contribution in [2.45, 2.75) is 135 Å². The number of urea groups is 1. The molecule has 0 bridgehead atoms. The summed E-state index contributed by atoms with van der Waals surface area (Å²) in [7, 11) is 0. The molecular formula is C30H51F3N4O3. The Kier molecular flexibility index (Phi) is 16.6. The Hall–Kier alpha value is -2.52. The number of amides is 4. The van der Waals surface area contributed by atoms with Gasteiger partial charge in [0.25, 0.3) is 0 Å². The maximum atomic E-state index is 12.8. The van der Waals surface area contributed by atoms with Gasteiger partial charge in [0.15, 0.2) is 0 Å². The van der Waals surface area contributed by atoms with E-state index in [9.17, 15) is 27.6 Å². The van der Waals surface area contributed by atoms with Crippen LogP contribution in [0.4, 0.5) is 18.0 Å². The van der Waals surface area contributed by atoms with Crippen molar-refractivity contribution >= 4 is 17.8 Å². The zero-order chi connectivity index (χ0) is 30.0. The molecule has 1 aliphatic rings. The molecule has 2 atom stereocenters. The second-order valence-corrected chi connectivity index (χ2v) is 11.6. The fraction of sp³-hybridized carbons (Fsp3) is 0.767. The highest BCUT2D eigenvalue weighted by atomic mass is 19.4. The number of rotatable bonds is 17. The van der Waals surface area contributed by atoms with Crippen LogP contribution in [0.1, 0.15) is 111 Å². The number of nitrogens with one attached hydrogen (secondary N) is 3. The van der Waals surface area contributed by atoms with E-state index in [1.54, 1.807) is 20.8 Å². The van der Waals surface area contributed by atoms with Gasteiger partial charge < -0.3 is 20.9 Å². The SMILES string of the molecule is CCCCC/C=C\C/C=C\CCCCCCCCNC(=O)[C@@H]1C[C@H](NC(=O)C(F)(F)F)CN1C(=O)NC(C)(C)C. The van der Waals surface area contributed by atoms with Gasteiger partial charge in [-0.15, -0.1) is 0 Å². The molecule has 0 aromatic rings. The number of halogens is 3. The minimum atomic E-state index is -5.03. The van der Waals surface area contributed by atoms with Crippen LogP contribution in [0.15, 0.2) is 24.3 Å². The lowest BCUT2D eigenvalue weighted by Gasteiger charge is -2.29. The maximum Gasteiger partial charge on any atom is 0.471 e. The van der Waals surface area contributed by atoms with Gasteiger partial charge in [0, 0.05) is 24.7 Å². The average molecular weight is 573 g/mol. The van der Waals surface area contributed by atoms with E-state index >= 15 is 0 Å². The first-order chi connectivity index (χ1) is 18.8. The predicted octanol–water partition coefficient (Wildman–Crippen LogP) is 6.55. The van der Waals surface area contributed by atoms with Crippen molar-refractivity contribution in [3.05, 3.63) is 24.3 Å². The molecule has 1 saturated heterocycles. The first-order valence-corrected chi connectivity index (χ1v) is 14.9. The monoisotopic (exact) mass is 572 g/mol. The molecule has 1 fully saturated rings. The van der Waals surface area contributed by atoms with E-state index in [0.717, 1.165) is 51.4 Å². The zero-order valence-electron chi connectivity index (χ0n) is 24.9. The molecule has 1 aliphatic heterocycles. The van der Waals surface area contributed by atoms with Gasteiger partial charge in [0.2, 0.25) is 5.91 Å². The van der Waals surface area contributed by atoms with Crippen LogP contribution >= 0.6 is 0 Å². The summed E-state index contributed by atoms with van der Waals surface area (Å²) in [6, 6.07) is -2.46. The first kappa shape index (κ1) is 35.5. The molecule has 0 radical (unpaired) electrons. The third kappa shape index (κ3) is 15.9. The third-order valence-electron chi connectivity index (χ3n) is 6.62. The van der Waals surface area contributed by atoms with E-state index in [4.69, 9.17) is 0 Å². The van der Waals surface area contributed by atoms with E-state index < -0.39 is 41.6 Å². The molecule has 1 heterocycles. The van der Waals surface area contributed by atoms with Crippen LogP contribution in [-0.2, 0) is 9.59 Å². The highest BCUT2D eigenvalue weighted by molar-refractivity contribution is 5.88. The molecule has 4 amide bonds. The summed E-state index contributed by atoms with van der Waals surface area (Å²) in [5.41, 5.74) is -0.591. The Morgan fingerprint density at radius 2 is 1.43 bits per heavy atom. The van der Waals surface area contributed by atoms with Crippen LogP contribution in [0.5, 0.6) is 0 Å². The van der Waals surface area contributed by atoms with Crippen LogP contribution in [0, 0.1) is 0 Å². The van der Waals surface area contributed by atoms with E-state index in [-0.39, 0.29) is 13.0 Å². The van der Waals surface area contributed by atoms with Crippen molar-refractivity contribution in [1.82, 2.24) is 20.9 Å². The third-order valence-corrected chi connectivity index (χ3v) is 6.62. The highest BCUT2D eigenvalue weighted by Gasteiger charge is 2.45. The fourth-order valence-corrected chi connectivity index (χ4v) is 4.52. The summed E-state index contributed by atoms with van der Waals surface area (Å²) in [5.74, 6) is -2.49. The van der Waals surface area contributed by atoms with Gasteiger partial charge in [-0.05, 0) is 65.7 Å². The highest BCUT2D eigenvalue weighted by Crippen LogP contribution is 2.22. The molecule has 40 heavy (non-hydrogen) atoms. The van der Waals surface area contributed by atoms with E-state index in [2.05, 4.69) is 41.9 Å². The van der Waals surface area contributed by atoms with Crippen LogP contribution in [0.3, 0.4) is 0 Å². The van der Waals surface area contributed by atoms with Crippen molar-refractivity contribution in [3.8, 4) is 0 Å². The molecule has 0 aliphatic carbocycles. The number of allylic oxidation sites excluding steroid dienone is 4. The smallest absolute Gasteiger partial charge is 0.354 e. The minimum absolute atomic E-state index is 0.0745. The Morgan fingerprint density at radius 3 is 2.00 bits per heavy atom. The normalized spacial score (nSPS) is 18.0. The van der Waals surface area contributed by atoms with Crippen LogP contribution in [0.25, 0.3) is 0 Å². The molecule has 10 heteroatoms. The van der Waals surface area contributed by atoms with Crippen molar-refractivity contribution < 1.29 is 27.6 Å². The number of carbonyl (C=O) groups excluding carboxylic acids is 3. The zero-order valence-corrected chi connectivity index (χ0v) is 24.9. The summed E-state index contributed by atoms with van der Waals surface area (Å²) in [5, 5.41) is 7.46. The number of likely N-dealkylation sites (tertiary alicyclic amines) is 1. The summed E-state index contributed by atoms with van der Waals surface area (Å²) in [6.07, 6.45) is 17.2. The Bertz CT molecular complexity index is 822. The van der Waals surface area contributed by atoms with Crippen molar-refractivity contribution in [2.75, 3.05) is 13.1 Å². The van der Waals surface area contributed by atoms with Crippen molar-refractivity contribution in [2.24, 2.45) is 0 Å². The summed E-state index contributed by atoms with van der Waals surface area (Å²) < 4.78 is 38.1. The van der Waals surface area contributed by atoms with Crippen LogP contribution in [-0.4, -0.2) is 59.6 Å². The molecule has 0 aromatic carbocycles. The lowest BCUT2D eigenvalue weighted by atomic mass is 10.1. The molecule has 0 aromatic heterocycles. The molecule has 7 nitrogen and oxygen atoms in total. The van der Waals surface area contributed by atoms with Crippen LogP contribution < -0.4 is 16.0 Å². The molecule has 0 spiro atoms. The van der Waals surface area contributed by atoms with Crippen molar-refractivity contribution in [1.29, 1.82) is 0 Å². The van der Waals surface area contributed by atoms with Gasteiger partial charge >= 0.3 is 18.1 Å². The van der Waals surface area contributed by atoms with Gasteiger partial charge in [0.1, 0.15) is 6.04 Å². The Morgan fingerprint density at radius 1 is 0.850 bits per heavy atom. The Balaban J connectivity index is 2.30. The number of nitrogens with zero attached hydrogens (tertiary/aromatic N) is 1. The second-order valence-electron chi connectivity index (χ2n) is 11.6. The lowest BCUT2D eigenvalue weighted by Crippen LogP contribution is -2.54. The van der Waals surface area contributed by atoms with E-state index in [1.807, 2.05) is 5.32 Å². The molecule has 0 saturated carbocycles. The molecule has 230 valence electrons. The standard InChI is InChI=1S/C30H51F3N4O3/c1-5-6-7-8-9-10-11-12-13-14-15-16-17-18-19-20-21-34-26(38)25-22-24(35-27(39)30(31,32)33)23-37(25)28(40)36-29(2,3)4/h9-10,12-13,24-25H,5-8,11,14-23H2,1-4H3,(H,34,38)(H,35,39)(H,36,40)/b10-9-,13-12-/t24-,25-/m0/s1. The predicted molar refractivity (Wildman–Crippen MR) is 154 cm³/mol. The number of alkyl halides is 3. The quantitative estimate of drug-likeness (QED) is 0.136. The molecule has 3 N–H and O–H groups in total. The molecule has 0 unspecified atom stereocenters. The fourth-order valence-electron chi connectivity index (χ4n) is 4.52. The summed E-state index contributed by atoms with van der Waals surface area (Å²) in [6.45, 7) is 7.77. The number of unbranched alkanes of at least 4 members (excludes halogenated alkanes) is 9. The minimum Gasteiger partial charge on any atom is -0.354 e. The largest absolute Gasteiger partial charge is 0.471 e. The number of hydrogen-bond acceptors (Lipinski definition) is 3. The summed E-state index contributed by atoms with van der Waals surface area (Å²) in [4.78, 5) is 38.2. The van der Waals surface area contributed by atoms with Gasteiger partial charge in [-0.25, -0.2) is 4.79 Å². The second kappa shape index (κ2) is 18.8. The van der Waals surface area contributed by atoms with Gasteiger partial charge in [-0.3, -0.25) is 9.59 Å². The van der Waals surface area contributed by atoms with Gasteiger partial charge in [-0.1, -0.05) is 69.8 Å². The Labute approximate surface area is 238 Å². The topological polar surface area (TPSA) is 90.5 Å².